The average molecular weight is 362 g/mol. The highest BCUT2D eigenvalue weighted by Crippen LogP contribution is 2.26. The van der Waals surface area contributed by atoms with Gasteiger partial charge in [-0.2, -0.15) is 5.10 Å². The van der Waals surface area contributed by atoms with Crippen molar-refractivity contribution >= 4 is 28.9 Å². The highest BCUT2D eigenvalue weighted by atomic mass is 35.5. The molecule has 0 aliphatic rings. The molecule has 0 spiro atoms. The molecule has 10 heteroatoms. The summed E-state index contributed by atoms with van der Waals surface area (Å²) in [6.07, 6.45) is 2.52. The molecule has 25 heavy (non-hydrogen) atoms. The Morgan fingerprint density at radius 3 is 2.80 bits per heavy atom. The number of aromatic nitrogens is 3. The first-order valence-corrected chi connectivity index (χ1v) is 7.24. The number of amides is 1. The predicted molar refractivity (Wildman–Crippen MR) is 87.4 cm³/mol. The van der Waals surface area contributed by atoms with Crippen LogP contribution in [0.1, 0.15) is 10.4 Å². The van der Waals surface area contributed by atoms with Crippen LogP contribution < -0.4 is 5.32 Å². The molecular weight excluding hydrogens is 353 g/mol. The van der Waals surface area contributed by atoms with Gasteiger partial charge in [-0.15, -0.1) is 0 Å². The van der Waals surface area contributed by atoms with E-state index in [-0.39, 0.29) is 27.6 Å². The van der Waals surface area contributed by atoms with Gasteiger partial charge in [-0.3, -0.25) is 14.9 Å². The lowest BCUT2D eigenvalue weighted by atomic mass is 10.1. The second-order valence-corrected chi connectivity index (χ2v) is 5.26. The quantitative estimate of drug-likeness (QED) is 0.567. The Labute approximate surface area is 145 Å². The zero-order valence-electron chi connectivity index (χ0n) is 12.4. The van der Waals surface area contributed by atoms with Crippen LogP contribution in [0.15, 0.2) is 49.1 Å². The normalized spacial score (nSPS) is 10.5. The van der Waals surface area contributed by atoms with E-state index in [1.54, 1.807) is 0 Å². The van der Waals surface area contributed by atoms with Crippen molar-refractivity contribution < 1.29 is 14.1 Å². The lowest BCUT2D eigenvalue weighted by Gasteiger charge is -2.08. The van der Waals surface area contributed by atoms with E-state index < -0.39 is 16.6 Å². The Kier molecular flexibility index (Phi) is 4.40. The van der Waals surface area contributed by atoms with Crippen molar-refractivity contribution in [3.8, 4) is 5.69 Å². The van der Waals surface area contributed by atoms with Crippen LogP contribution in [-0.4, -0.2) is 25.6 Å². The van der Waals surface area contributed by atoms with Crippen molar-refractivity contribution in [2.24, 2.45) is 0 Å². The number of halogens is 2. The summed E-state index contributed by atoms with van der Waals surface area (Å²) in [6, 6.07) is 7.94. The van der Waals surface area contributed by atoms with E-state index in [4.69, 9.17) is 11.6 Å². The highest BCUT2D eigenvalue weighted by Gasteiger charge is 2.20. The molecule has 3 aromatic rings. The number of nitro benzene ring substituents is 1. The summed E-state index contributed by atoms with van der Waals surface area (Å²) in [5.74, 6) is -1.50. The third-order valence-corrected chi connectivity index (χ3v) is 3.59. The van der Waals surface area contributed by atoms with E-state index >= 15 is 0 Å². The van der Waals surface area contributed by atoms with Gasteiger partial charge in [0.15, 0.2) is 5.82 Å². The molecule has 0 fully saturated rings. The fourth-order valence-corrected chi connectivity index (χ4v) is 2.31. The fourth-order valence-electron chi connectivity index (χ4n) is 2.13. The number of anilines is 1. The maximum atomic E-state index is 13.9. The SMILES string of the molecule is O=C(Nc1cccc(Cl)c1F)c1ccc(-n2cncn2)c([N+](=O)[O-])c1. The van der Waals surface area contributed by atoms with E-state index in [2.05, 4.69) is 15.4 Å². The number of benzene rings is 2. The highest BCUT2D eigenvalue weighted by molar-refractivity contribution is 6.31. The maximum absolute atomic E-state index is 13.9. The summed E-state index contributed by atoms with van der Waals surface area (Å²) in [6.45, 7) is 0. The minimum Gasteiger partial charge on any atom is -0.319 e. The molecule has 0 saturated heterocycles. The van der Waals surface area contributed by atoms with Crippen LogP contribution in [0.2, 0.25) is 5.02 Å². The van der Waals surface area contributed by atoms with E-state index in [1.807, 2.05) is 0 Å². The molecule has 8 nitrogen and oxygen atoms in total. The molecule has 1 heterocycles. The van der Waals surface area contributed by atoms with Crippen molar-refractivity contribution in [2.75, 3.05) is 5.32 Å². The summed E-state index contributed by atoms with van der Waals surface area (Å²) in [4.78, 5) is 26.6. The van der Waals surface area contributed by atoms with Crippen molar-refractivity contribution in [1.29, 1.82) is 0 Å². The Hall–Kier alpha value is -3.33. The Morgan fingerprint density at radius 2 is 2.12 bits per heavy atom. The van der Waals surface area contributed by atoms with E-state index in [0.717, 1.165) is 6.07 Å². The smallest absolute Gasteiger partial charge is 0.295 e. The largest absolute Gasteiger partial charge is 0.319 e. The van der Waals surface area contributed by atoms with Gasteiger partial charge < -0.3 is 5.32 Å². The molecular formula is C15H9ClFN5O3. The molecule has 0 atom stereocenters. The van der Waals surface area contributed by atoms with Gasteiger partial charge in [-0.1, -0.05) is 17.7 Å². The number of nitrogens with zero attached hydrogens (tertiary/aromatic N) is 4. The van der Waals surface area contributed by atoms with E-state index in [1.165, 1.54) is 47.7 Å². The predicted octanol–water partition coefficient (Wildman–Crippen LogP) is 3.22. The lowest BCUT2D eigenvalue weighted by molar-refractivity contribution is -0.384. The third-order valence-electron chi connectivity index (χ3n) is 3.30. The summed E-state index contributed by atoms with van der Waals surface area (Å²) >= 11 is 5.66. The van der Waals surface area contributed by atoms with Gasteiger partial charge in [0.25, 0.3) is 11.6 Å². The number of nitrogens with one attached hydrogen (secondary N) is 1. The maximum Gasteiger partial charge on any atom is 0.295 e. The van der Waals surface area contributed by atoms with Crippen molar-refractivity contribution in [1.82, 2.24) is 14.8 Å². The zero-order chi connectivity index (χ0) is 18.0. The number of nitro groups is 1. The molecule has 2 aromatic carbocycles. The lowest BCUT2D eigenvalue weighted by Crippen LogP contribution is -2.14. The molecule has 0 aliphatic heterocycles. The fraction of sp³-hybridized carbons (Fsp3) is 0. The summed E-state index contributed by atoms with van der Waals surface area (Å²) in [5, 5.41) is 17.3. The molecule has 0 radical (unpaired) electrons. The standard InChI is InChI=1S/C15H9ClFN5O3/c16-10-2-1-3-11(14(10)17)20-15(23)9-4-5-12(13(6-9)22(24)25)21-8-18-7-19-21/h1-8H,(H,20,23). The summed E-state index contributed by atoms with van der Waals surface area (Å²) in [7, 11) is 0. The molecule has 1 aromatic heterocycles. The van der Waals surface area contributed by atoms with Crippen LogP contribution in [0.5, 0.6) is 0 Å². The van der Waals surface area contributed by atoms with Gasteiger partial charge in [0.1, 0.15) is 18.3 Å². The van der Waals surface area contributed by atoms with Crippen LogP contribution in [0.4, 0.5) is 15.8 Å². The first-order valence-electron chi connectivity index (χ1n) is 6.86. The molecule has 1 amide bonds. The molecule has 3 rings (SSSR count). The van der Waals surface area contributed by atoms with Gasteiger partial charge in [0.05, 0.1) is 15.6 Å². The molecule has 0 bridgehead atoms. The summed E-state index contributed by atoms with van der Waals surface area (Å²) < 4.78 is 15.1. The molecule has 0 aliphatic carbocycles. The van der Waals surface area contributed by atoms with E-state index in [0.29, 0.717) is 0 Å². The van der Waals surface area contributed by atoms with Crippen LogP contribution in [0.3, 0.4) is 0 Å². The number of rotatable bonds is 4. The Balaban J connectivity index is 1.95. The molecule has 0 saturated carbocycles. The molecule has 1 N–H and O–H groups in total. The van der Waals surface area contributed by atoms with Crippen molar-refractivity contribution in [3.05, 3.63) is 75.6 Å². The van der Waals surface area contributed by atoms with Crippen LogP contribution in [0, 0.1) is 15.9 Å². The number of hydrogen-bond acceptors (Lipinski definition) is 5. The topological polar surface area (TPSA) is 103 Å². The van der Waals surface area contributed by atoms with E-state index in [9.17, 15) is 19.3 Å². The van der Waals surface area contributed by atoms with Gasteiger partial charge in [-0.05, 0) is 24.3 Å². The van der Waals surface area contributed by atoms with Crippen LogP contribution in [0.25, 0.3) is 5.69 Å². The first-order chi connectivity index (χ1) is 12.0. The van der Waals surface area contributed by atoms with Gasteiger partial charge in [-0.25, -0.2) is 14.1 Å². The molecule has 126 valence electrons. The van der Waals surface area contributed by atoms with Crippen molar-refractivity contribution in [3.63, 3.8) is 0 Å². The second-order valence-electron chi connectivity index (χ2n) is 4.86. The number of carbonyl (C=O) groups is 1. The third kappa shape index (κ3) is 3.31. The summed E-state index contributed by atoms with van der Waals surface area (Å²) in [5.41, 5.74) is -0.340. The number of carbonyl (C=O) groups excluding carboxylic acids is 1. The van der Waals surface area contributed by atoms with Crippen LogP contribution >= 0.6 is 11.6 Å². The Morgan fingerprint density at radius 1 is 1.32 bits per heavy atom. The second kappa shape index (κ2) is 6.65. The first kappa shape index (κ1) is 16.5. The average Bonchev–Trinajstić information content (AvgIpc) is 3.12. The zero-order valence-corrected chi connectivity index (χ0v) is 13.1. The van der Waals surface area contributed by atoms with Crippen LogP contribution in [-0.2, 0) is 0 Å². The monoisotopic (exact) mass is 361 g/mol. The minimum atomic E-state index is -0.786. The number of hydrogen-bond donors (Lipinski definition) is 1. The van der Waals surface area contributed by atoms with Gasteiger partial charge in [0, 0.05) is 11.6 Å². The van der Waals surface area contributed by atoms with Gasteiger partial charge in [0.2, 0.25) is 0 Å². The Bertz CT molecular complexity index is 962. The van der Waals surface area contributed by atoms with Crippen molar-refractivity contribution in [2.45, 2.75) is 0 Å². The molecule has 0 unspecified atom stereocenters. The minimum absolute atomic E-state index is 0.0186. The van der Waals surface area contributed by atoms with Gasteiger partial charge >= 0.3 is 0 Å².